The van der Waals surface area contributed by atoms with Crippen molar-refractivity contribution in [2.45, 2.75) is 23.5 Å². The molecule has 0 aliphatic rings. The molecule has 3 rings (SSSR count). The van der Waals surface area contributed by atoms with Crippen molar-refractivity contribution in [3.63, 3.8) is 0 Å². The van der Waals surface area contributed by atoms with Crippen LogP contribution in [0.15, 0.2) is 91.0 Å². The van der Waals surface area contributed by atoms with Gasteiger partial charge in [-0.2, -0.15) is 0 Å². The summed E-state index contributed by atoms with van der Waals surface area (Å²) in [6, 6.07) is 31.4. The molecular weight excluding hydrogens is 312 g/mol. The minimum atomic E-state index is -0.439. The highest BCUT2D eigenvalue weighted by atomic mass is 32.2. The zero-order valence-electron chi connectivity index (χ0n) is 13.8. The van der Waals surface area contributed by atoms with Gasteiger partial charge in [0.2, 0.25) is 0 Å². The van der Waals surface area contributed by atoms with Crippen molar-refractivity contribution in [3.05, 3.63) is 108 Å². The summed E-state index contributed by atoms with van der Waals surface area (Å²) in [5, 5.41) is 10.5. The topological polar surface area (TPSA) is 20.2 Å². The second kappa shape index (κ2) is 7.69. The quantitative estimate of drug-likeness (QED) is 0.478. The predicted octanol–water partition coefficient (Wildman–Crippen LogP) is 5.44. The molecule has 0 radical (unpaired) electrons. The van der Waals surface area contributed by atoms with Gasteiger partial charge in [-0.15, -0.1) is 11.8 Å². The third-order valence-electron chi connectivity index (χ3n) is 4.20. The van der Waals surface area contributed by atoms with E-state index in [1.54, 1.807) is 11.8 Å². The molecule has 0 fully saturated rings. The zero-order valence-corrected chi connectivity index (χ0v) is 14.6. The standard InChI is InChI=1S/C22H22OS/c1-2-21(23)24-22(18-12-6-3-7-13-18,19-14-8-4-9-15-19)20-16-10-5-11-17-20/h3-17,21,23H,2H2,1H3. The average molecular weight is 334 g/mol. The summed E-state index contributed by atoms with van der Waals surface area (Å²) >= 11 is 1.61. The van der Waals surface area contributed by atoms with Crippen LogP contribution in [0.2, 0.25) is 0 Å². The Bertz CT molecular complexity index is 644. The minimum absolute atomic E-state index is 0.431. The van der Waals surface area contributed by atoms with Crippen molar-refractivity contribution < 1.29 is 5.11 Å². The summed E-state index contributed by atoms with van der Waals surface area (Å²) in [4.78, 5) is 0. The molecule has 0 aliphatic carbocycles. The van der Waals surface area contributed by atoms with Crippen LogP contribution < -0.4 is 0 Å². The molecule has 0 saturated heterocycles. The molecule has 3 aromatic carbocycles. The lowest BCUT2D eigenvalue weighted by Gasteiger charge is -2.36. The third kappa shape index (κ3) is 3.26. The first-order valence-corrected chi connectivity index (χ1v) is 9.18. The number of hydrogen-bond donors (Lipinski definition) is 1. The summed E-state index contributed by atoms with van der Waals surface area (Å²) < 4.78 is -0.431. The highest BCUT2D eigenvalue weighted by Crippen LogP contribution is 2.50. The fraction of sp³-hybridized carbons (Fsp3) is 0.182. The van der Waals surface area contributed by atoms with Gasteiger partial charge in [0.05, 0.1) is 4.75 Å². The molecule has 0 heterocycles. The van der Waals surface area contributed by atoms with E-state index in [4.69, 9.17) is 0 Å². The number of benzene rings is 3. The number of rotatable bonds is 6. The molecule has 0 aromatic heterocycles. The smallest absolute Gasteiger partial charge is 0.101 e. The number of hydrogen-bond acceptors (Lipinski definition) is 2. The average Bonchev–Trinajstić information content (AvgIpc) is 2.68. The lowest BCUT2D eigenvalue weighted by atomic mass is 9.84. The molecule has 0 aliphatic heterocycles. The highest BCUT2D eigenvalue weighted by molar-refractivity contribution is 8.01. The Morgan fingerprint density at radius 3 is 1.33 bits per heavy atom. The van der Waals surface area contributed by atoms with Crippen LogP contribution in [0.5, 0.6) is 0 Å². The Morgan fingerprint density at radius 2 is 1.04 bits per heavy atom. The molecule has 1 nitrogen and oxygen atoms in total. The van der Waals surface area contributed by atoms with Gasteiger partial charge < -0.3 is 5.11 Å². The maximum atomic E-state index is 10.5. The molecule has 1 atom stereocenters. The van der Waals surface area contributed by atoms with Crippen LogP contribution in [0.4, 0.5) is 0 Å². The third-order valence-corrected chi connectivity index (χ3v) is 5.87. The van der Waals surface area contributed by atoms with Gasteiger partial charge in [-0.05, 0) is 23.1 Å². The minimum Gasteiger partial charge on any atom is -0.382 e. The molecule has 122 valence electrons. The summed E-state index contributed by atoms with van der Waals surface area (Å²) in [6.07, 6.45) is 0.707. The number of thioether (sulfide) groups is 1. The number of aliphatic hydroxyl groups is 1. The van der Waals surface area contributed by atoms with Crippen LogP contribution >= 0.6 is 11.8 Å². The van der Waals surface area contributed by atoms with Gasteiger partial charge in [-0.25, -0.2) is 0 Å². The van der Waals surface area contributed by atoms with Crippen LogP contribution in [-0.4, -0.2) is 10.5 Å². The van der Waals surface area contributed by atoms with E-state index in [9.17, 15) is 5.11 Å². The molecule has 1 unspecified atom stereocenters. The van der Waals surface area contributed by atoms with Crippen LogP contribution in [0.3, 0.4) is 0 Å². The Morgan fingerprint density at radius 1 is 0.708 bits per heavy atom. The maximum Gasteiger partial charge on any atom is 0.101 e. The van der Waals surface area contributed by atoms with E-state index in [1.165, 1.54) is 16.7 Å². The number of aliphatic hydroxyl groups excluding tert-OH is 1. The molecule has 24 heavy (non-hydrogen) atoms. The monoisotopic (exact) mass is 334 g/mol. The maximum absolute atomic E-state index is 10.5. The van der Waals surface area contributed by atoms with Gasteiger partial charge in [0, 0.05) is 0 Å². The molecule has 0 bridgehead atoms. The lowest BCUT2D eigenvalue weighted by Crippen LogP contribution is -2.28. The summed E-state index contributed by atoms with van der Waals surface area (Å²) in [7, 11) is 0. The summed E-state index contributed by atoms with van der Waals surface area (Å²) in [5.74, 6) is 0. The first-order valence-electron chi connectivity index (χ1n) is 8.30. The first kappa shape index (κ1) is 16.8. The van der Waals surface area contributed by atoms with Gasteiger partial charge >= 0.3 is 0 Å². The van der Waals surface area contributed by atoms with Gasteiger partial charge in [-0.3, -0.25) is 0 Å². The van der Waals surface area contributed by atoms with E-state index in [1.807, 2.05) is 25.1 Å². The lowest BCUT2D eigenvalue weighted by molar-refractivity contribution is 0.258. The summed E-state index contributed by atoms with van der Waals surface area (Å²) in [6.45, 7) is 2.02. The molecule has 0 spiro atoms. The molecule has 1 N–H and O–H groups in total. The van der Waals surface area contributed by atoms with Crippen molar-refractivity contribution in [2.24, 2.45) is 0 Å². The Labute approximate surface area is 148 Å². The zero-order chi connectivity index (χ0) is 16.8. The Balaban J connectivity index is 2.28. The fourth-order valence-corrected chi connectivity index (χ4v) is 4.40. The molecule has 2 heteroatoms. The predicted molar refractivity (Wildman–Crippen MR) is 103 cm³/mol. The highest BCUT2D eigenvalue weighted by Gasteiger charge is 2.38. The largest absolute Gasteiger partial charge is 0.382 e. The van der Waals surface area contributed by atoms with Gasteiger partial charge in [-0.1, -0.05) is 97.9 Å². The SMILES string of the molecule is CCC(O)SC(c1ccccc1)(c1ccccc1)c1ccccc1. The van der Waals surface area contributed by atoms with Crippen molar-refractivity contribution in [3.8, 4) is 0 Å². The van der Waals surface area contributed by atoms with E-state index < -0.39 is 10.2 Å². The van der Waals surface area contributed by atoms with Gasteiger partial charge in [0.1, 0.15) is 5.44 Å². The normalized spacial score (nSPS) is 12.8. The van der Waals surface area contributed by atoms with Gasteiger partial charge in [0.25, 0.3) is 0 Å². The van der Waals surface area contributed by atoms with Crippen LogP contribution in [0.25, 0.3) is 0 Å². The Kier molecular flexibility index (Phi) is 5.39. The van der Waals surface area contributed by atoms with E-state index in [0.717, 1.165) is 0 Å². The molecule has 0 saturated carbocycles. The van der Waals surface area contributed by atoms with E-state index >= 15 is 0 Å². The van der Waals surface area contributed by atoms with Crippen molar-refractivity contribution >= 4 is 11.8 Å². The van der Waals surface area contributed by atoms with Crippen molar-refractivity contribution in [1.29, 1.82) is 0 Å². The van der Waals surface area contributed by atoms with Gasteiger partial charge in [0.15, 0.2) is 0 Å². The molecular formula is C22H22OS. The summed E-state index contributed by atoms with van der Waals surface area (Å²) in [5.41, 5.74) is 3.10. The Hall–Kier alpha value is -2.03. The first-order chi connectivity index (χ1) is 11.8. The van der Waals surface area contributed by atoms with Crippen LogP contribution in [-0.2, 0) is 4.75 Å². The van der Waals surface area contributed by atoms with E-state index in [0.29, 0.717) is 6.42 Å². The van der Waals surface area contributed by atoms with Crippen LogP contribution in [0.1, 0.15) is 30.0 Å². The molecule has 3 aromatic rings. The van der Waals surface area contributed by atoms with E-state index in [2.05, 4.69) is 72.8 Å². The van der Waals surface area contributed by atoms with E-state index in [-0.39, 0.29) is 0 Å². The second-order valence-electron chi connectivity index (χ2n) is 5.76. The van der Waals surface area contributed by atoms with Crippen LogP contribution in [0, 0.1) is 0 Å². The fourth-order valence-electron chi connectivity index (χ4n) is 3.01. The second-order valence-corrected chi connectivity index (χ2v) is 7.15. The van der Waals surface area contributed by atoms with Crippen molar-refractivity contribution in [1.82, 2.24) is 0 Å². The molecule has 0 amide bonds. The van der Waals surface area contributed by atoms with Crippen molar-refractivity contribution in [2.75, 3.05) is 0 Å².